The third-order valence-corrected chi connectivity index (χ3v) is 2.57. The summed E-state index contributed by atoms with van der Waals surface area (Å²) in [4.78, 5) is 11.7. The van der Waals surface area contributed by atoms with Crippen LogP contribution in [0.25, 0.3) is 0 Å². The van der Waals surface area contributed by atoms with Crippen LogP contribution in [-0.4, -0.2) is 54.4 Å². The van der Waals surface area contributed by atoms with Crippen molar-refractivity contribution in [2.45, 2.75) is 25.1 Å². The Bertz CT molecular complexity index is 237. The van der Waals surface area contributed by atoms with Crippen LogP contribution in [0.5, 0.6) is 0 Å². The van der Waals surface area contributed by atoms with Gasteiger partial charge in [-0.25, -0.2) is 0 Å². The number of piperidine rings is 1. The molecule has 0 aromatic heterocycles. The maximum atomic E-state index is 12.1. The molecule has 0 radical (unpaired) electrons. The average molecular weight is 240 g/mol. The number of halogens is 3. The van der Waals surface area contributed by atoms with E-state index >= 15 is 0 Å². The number of hydrogen-bond acceptors (Lipinski definition) is 3. The fraction of sp³-hybridized carbons (Fsp3) is 0.889. The normalized spacial score (nSPS) is 18.9. The van der Waals surface area contributed by atoms with Gasteiger partial charge in [0.15, 0.2) is 0 Å². The third-order valence-electron chi connectivity index (χ3n) is 2.57. The smallest absolute Gasteiger partial charge is 0.395 e. The molecule has 1 aliphatic rings. The van der Waals surface area contributed by atoms with Gasteiger partial charge < -0.3 is 15.3 Å². The molecule has 0 saturated carbocycles. The van der Waals surface area contributed by atoms with Gasteiger partial charge in [-0.2, -0.15) is 13.2 Å². The van der Waals surface area contributed by atoms with Crippen LogP contribution in [-0.2, 0) is 4.79 Å². The first kappa shape index (κ1) is 13.2. The molecule has 16 heavy (non-hydrogen) atoms. The van der Waals surface area contributed by atoms with Gasteiger partial charge >= 0.3 is 12.1 Å². The predicted octanol–water partition coefficient (Wildman–Crippen LogP) is 0.122. The number of nitrogens with zero attached hydrogens (tertiary/aromatic N) is 1. The van der Waals surface area contributed by atoms with E-state index < -0.39 is 12.1 Å². The minimum Gasteiger partial charge on any atom is -0.395 e. The van der Waals surface area contributed by atoms with E-state index in [1.54, 1.807) is 0 Å². The molecule has 0 aliphatic carbocycles. The number of nitrogens with one attached hydrogen (secondary N) is 1. The van der Waals surface area contributed by atoms with Gasteiger partial charge in [0, 0.05) is 25.7 Å². The van der Waals surface area contributed by atoms with Crippen LogP contribution in [0.2, 0.25) is 0 Å². The molecule has 1 aliphatic heterocycles. The Morgan fingerprint density at radius 1 is 1.38 bits per heavy atom. The molecule has 7 heteroatoms. The molecular formula is C9H15F3N2O2. The van der Waals surface area contributed by atoms with Gasteiger partial charge in [0.05, 0.1) is 6.61 Å². The Morgan fingerprint density at radius 2 is 1.94 bits per heavy atom. The Balaban J connectivity index is 2.34. The second-order valence-electron chi connectivity index (χ2n) is 3.74. The van der Waals surface area contributed by atoms with E-state index in [0.29, 0.717) is 19.4 Å². The van der Waals surface area contributed by atoms with Crippen molar-refractivity contribution in [3.05, 3.63) is 0 Å². The molecule has 4 nitrogen and oxygen atoms in total. The molecule has 2 N–H and O–H groups in total. The second kappa shape index (κ2) is 5.49. The fourth-order valence-corrected chi connectivity index (χ4v) is 1.73. The predicted molar refractivity (Wildman–Crippen MR) is 50.7 cm³/mol. The zero-order valence-electron chi connectivity index (χ0n) is 8.76. The molecular weight excluding hydrogens is 225 g/mol. The van der Waals surface area contributed by atoms with Crippen LogP contribution < -0.4 is 5.32 Å². The second-order valence-corrected chi connectivity index (χ2v) is 3.74. The summed E-state index contributed by atoms with van der Waals surface area (Å²) in [5, 5.41) is 11.6. The number of aliphatic hydroxyl groups is 1. The SMILES string of the molecule is O=C(N1CCC(NCCO)CC1)C(F)(F)F. The van der Waals surface area contributed by atoms with Crippen molar-refractivity contribution in [2.75, 3.05) is 26.2 Å². The number of likely N-dealkylation sites (tertiary alicyclic amines) is 1. The zero-order chi connectivity index (χ0) is 12.2. The van der Waals surface area contributed by atoms with E-state index in [1.165, 1.54) is 0 Å². The lowest BCUT2D eigenvalue weighted by molar-refractivity contribution is -0.186. The van der Waals surface area contributed by atoms with Gasteiger partial charge in [0.2, 0.25) is 0 Å². The average Bonchev–Trinajstić information content (AvgIpc) is 2.25. The molecule has 0 aromatic rings. The lowest BCUT2D eigenvalue weighted by Gasteiger charge is -2.32. The fourth-order valence-electron chi connectivity index (χ4n) is 1.73. The van der Waals surface area contributed by atoms with Crippen molar-refractivity contribution >= 4 is 5.91 Å². The van der Waals surface area contributed by atoms with Crippen LogP contribution in [0.3, 0.4) is 0 Å². The number of carbonyl (C=O) groups is 1. The number of carbonyl (C=O) groups excluding carboxylic acids is 1. The van der Waals surface area contributed by atoms with Crippen molar-refractivity contribution in [2.24, 2.45) is 0 Å². The molecule has 0 spiro atoms. The maximum Gasteiger partial charge on any atom is 0.471 e. The third kappa shape index (κ3) is 3.64. The van der Waals surface area contributed by atoms with Gasteiger partial charge in [0.1, 0.15) is 0 Å². The summed E-state index contributed by atoms with van der Waals surface area (Å²) < 4.78 is 36.3. The molecule has 94 valence electrons. The number of amides is 1. The van der Waals surface area contributed by atoms with Gasteiger partial charge in [-0.15, -0.1) is 0 Å². The first-order valence-corrected chi connectivity index (χ1v) is 5.15. The van der Waals surface area contributed by atoms with Crippen molar-refractivity contribution in [3.8, 4) is 0 Å². The van der Waals surface area contributed by atoms with Gasteiger partial charge in [0.25, 0.3) is 0 Å². The highest BCUT2D eigenvalue weighted by Crippen LogP contribution is 2.21. The van der Waals surface area contributed by atoms with E-state index in [-0.39, 0.29) is 25.7 Å². The van der Waals surface area contributed by atoms with Gasteiger partial charge in [-0.3, -0.25) is 4.79 Å². The van der Waals surface area contributed by atoms with E-state index in [9.17, 15) is 18.0 Å². The minimum atomic E-state index is -4.77. The molecule has 0 unspecified atom stereocenters. The first-order chi connectivity index (χ1) is 7.45. The Hall–Kier alpha value is -0.820. The molecule has 1 rings (SSSR count). The Labute approximate surface area is 91.4 Å². The van der Waals surface area contributed by atoms with Crippen molar-refractivity contribution in [1.82, 2.24) is 10.2 Å². The summed E-state index contributed by atoms with van der Waals surface area (Å²) in [6.45, 7) is 0.655. The molecule has 1 saturated heterocycles. The summed E-state index contributed by atoms with van der Waals surface area (Å²) in [6, 6.07) is 0.0874. The number of hydrogen-bond donors (Lipinski definition) is 2. The molecule has 1 amide bonds. The molecule has 1 fully saturated rings. The summed E-state index contributed by atoms with van der Waals surface area (Å²) in [7, 11) is 0. The van der Waals surface area contributed by atoms with Gasteiger partial charge in [-0.1, -0.05) is 0 Å². The lowest BCUT2D eigenvalue weighted by atomic mass is 10.1. The van der Waals surface area contributed by atoms with Gasteiger partial charge in [-0.05, 0) is 12.8 Å². The van der Waals surface area contributed by atoms with E-state index in [4.69, 9.17) is 5.11 Å². The summed E-state index contributed by atoms with van der Waals surface area (Å²) in [5.74, 6) is -1.76. The number of aliphatic hydroxyl groups excluding tert-OH is 1. The van der Waals surface area contributed by atoms with E-state index in [0.717, 1.165) is 4.90 Å². The van der Waals surface area contributed by atoms with Crippen LogP contribution >= 0.6 is 0 Å². The van der Waals surface area contributed by atoms with Crippen molar-refractivity contribution in [1.29, 1.82) is 0 Å². The Morgan fingerprint density at radius 3 is 2.38 bits per heavy atom. The quantitative estimate of drug-likeness (QED) is 0.737. The van der Waals surface area contributed by atoms with E-state index in [2.05, 4.69) is 5.32 Å². The molecule has 0 aromatic carbocycles. The van der Waals surface area contributed by atoms with Crippen molar-refractivity contribution < 1.29 is 23.1 Å². The topological polar surface area (TPSA) is 52.6 Å². The number of rotatable bonds is 3. The summed E-state index contributed by atoms with van der Waals surface area (Å²) in [6.07, 6.45) is -3.80. The molecule has 0 bridgehead atoms. The highest BCUT2D eigenvalue weighted by atomic mass is 19.4. The van der Waals surface area contributed by atoms with E-state index in [1.807, 2.05) is 0 Å². The lowest BCUT2D eigenvalue weighted by Crippen LogP contribution is -2.49. The standard InChI is InChI=1S/C9H15F3N2O2/c10-9(11,12)8(16)14-4-1-7(2-5-14)13-3-6-15/h7,13,15H,1-6H2. The van der Waals surface area contributed by atoms with Crippen LogP contribution in [0.1, 0.15) is 12.8 Å². The number of alkyl halides is 3. The summed E-state index contributed by atoms with van der Waals surface area (Å²) in [5.41, 5.74) is 0. The zero-order valence-corrected chi connectivity index (χ0v) is 8.76. The molecule has 0 atom stereocenters. The van der Waals surface area contributed by atoms with Crippen molar-refractivity contribution in [3.63, 3.8) is 0 Å². The highest BCUT2D eigenvalue weighted by Gasteiger charge is 2.43. The van der Waals surface area contributed by atoms with Crippen LogP contribution in [0.4, 0.5) is 13.2 Å². The largest absolute Gasteiger partial charge is 0.471 e. The monoisotopic (exact) mass is 240 g/mol. The maximum absolute atomic E-state index is 12.1. The summed E-state index contributed by atoms with van der Waals surface area (Å²) >= 11 is 0. The van der Waals surface area contributed by atoms with Crippen LogP contribution in [0.15, 0.2) is 0 Å². The van der Waals surface area contributed by atoms with Crippen LogP contribution in [0, 0.1) is 0 Å². The molecule has 1 heterocycles. The Kier molecular flexibility index (Phi) is 4.55. The highest BCUT2D eigenvalue weighted by molar-refractivity contribution is 5.81. The first-order valence-electron chi connectivity index (χ1n) is 5.15. The minimum absolute atomic E-state index is 0.00168.